The SMILES string of the molecule is CCC1CCCN(c2cc(Cl)ccc2CO)CC1. The summed E-state index contributed by atoms with van der Waals surface area (Å²) in [7, 11) is 0. The molecule has 0 bridgehead atoms. The summed E-state index contributed by atoms with van der Waals surface area (Å²) in [6.45, 7) is 4.51. The van der Waals surface area contributed by atoms with Gasteiger partial charge in [0.05, 0.1) is 6.61 Å². The van der Waals surface area contributed by atoms with Gasteiger partial charge in [-0.2, -0.15) is 0 Å². The van der Waals surface area contributed by atoms with Crippen LogP contribution < -0.4 is 4.90 Å². The van der Waals surface area contributed by atoms with E-state index in [1.165, 1.54) is 25.7 Å². The van der Waals surface area contributed by atoms with E-state index in [0.29, 0.717) is 0 Å². The van der Waals surface area contributed by atoms with Gasteiger partial charge < -0.3 is 10.0 Å². The third kappa shape index (κ3) is 3.18. The third-order valence-corrected chi connectivity index (χ3v) is 4.22. The molecule has 2 nitrogen and oxygen atoms in total. The number of hydrogen-bond donors (Lipinski definition) is 1. The minimum Gasteiger partial charge on any atom is -0.392 e. The van der Waals surface area contributed by atoms with E-state index >= 15 is 0 Å². The highest BCUT2D eigenvalue weighted by Crippen LogP contribution is 2.29. The molecule has 0 aliphatic carbocycles. The Bertz CT molecular complexity index is 394. The average molecular weight is 268 g/mol. The summed E-state index contributed by atoms with van der Waals surface area (Å²) in [6, 6.07) is 5.77. The topological polar surface area (TPSA) is 23.5 Å². The molecule has 0 saturated carbocycles. The van der Waals surface area contributed by atoms with Crippen molar-refractivity contribution in [3.63, 3.8) is 0 Å². The average Bonchev–Trinajstić information content (AvgIpc) is 2.63. The first-order valence-corrected chi connectivity index (χ1v) is 7.26. The first-order chi connectivity index (χ1) is 8.74. The molecular formula is C15H22ClNO. The maximum atomic E-state index is 9.44. The number of rotatable bonds is 3. The molecule has 1 fully saturated rings. The number of anilines is 1. The fraction of sp³-hybridized carbons (Fsp3) is 0.600. The Balaban J connectivity index is 2.17. The van der Waals surface area contributed by atoms with Gasteiger partial charge in [-0.3, -0.25) is 0 Å². The Labute approximate surface area is 115 Å². The van der Waals surface area contributed by atoms with Gasteiger partial charge in [-0.05, 0) is 37.3 Å². The van der Waals surface area contributed by atoms with Gasteiger partial charge >= 0.3 is 0 Å². The van der Waals surface area contributed by atoms with E-state index in [1.807, 2.05) is 18.2 Å². The molecule has 1 aromatic rings. The van der Waals surface area contributed by atoms with Gasteiger partial charge in [0.2, 0.25) is 0 Å². The lowest BCUT2D eigenvalue weighted by atomic mass is 9.98. The van der Waals surface area contributed by atoms with Gasteiger partial charge in [0.15, 0.2) is 0 Å². The molecule has 0 spiro atoms. The molecule has 1 N–H and O–H groups in total. The number of hydrogen-bond acceptors (Lipinski definition) is 2. The van der Waals surface area contributed by atoms with Crippen molar-refractivity contribution in [2.75, 3.05) is 18.0 Å². The van der Waals surface area contributed by atoms with Crippen LogP contribution in [-0.2, 0) is 6.61 Å². The molecule has 1 aliphatic heterocycles. The summed E-state index contributed by atoms with van der Waals surface area (Å²) in [4.78, 5) is 2.38. The summed E-state index contributed by atoms with van der Waals surface area (Å²) in [5, 5.41) is 10.2. The van der Waals surface area contributed by atoms with Crippen molar-refractivity contribution in [3.8, 4) is 0 Å². The van der Waals surface area contributed by atoms with E-state index in [4.69, 9.17) is 11.6 Å². The van der Waals surface area contributed by atoms with Gasteiger partial charge in [-0.1, -0.05) is 31.0 Å². The molecule has 1 atom stereocenters. The molecule has 100 valence electrons. The van der Waals surface area contributed by atoms with Crippen LogP contribution in [0.1, 0.15) is 38.2 Å². The highest BCUT2D eigenvalue weighted by Gasteiger charge is 2.18. The summed E-state index contributed by atoms with van der Waals surface area (Å²) >= 11 is 6.08. The van der Waals surface area contributed by atoms with Crippen LogP contribution >= 0.6 is 11.6 Å². The predicted molar refractivity (Wildman–Crippen MR) is 77.2 cm³/mol. The van der Waals surface area contributed by atoms with Crippen LogP contribution in [0.4, 0.5) is 5.69 Å². The summed E-state index contributed by atoms with van der Waals surface area (Å²) < 4.78 is 0. The van der Waals surface area contributed by atoms with Gasteiger partial charge in [0.1, 0.15) is 0 Å². The van der Waals surface area contributed by atoms with Gasteiger partial charge in [-0.15, -0.1) is 0 Å². The van der Waals surface area contributed by atoms with E-state index < -0.39 is 0 Å². The standard InChI is InChI=1S/C15H22ClNO/c1-2-12-4-3-8-17(9-7-12)15-10-14(16)6-5-13(15)11-18/h5-6,10,12,18H,2-4,7-9,11H2,1H3. The van der Waals surface area contributed by atoms with Gasteiger partial charge in [0, 0.05) is 29.4 Å². The van der Waals surface area contributed by atoms with Crippen molar-refractivity contribution in [2.24, 2.45) is 5.92 Å². The van der Waals surface area contributed by atoms with Crippen molar-refractivity contribution >= 4 is 17.3 Å². The van der Waals surface area contributed by atoms with Crippen molar-refractivity contribution in [1.29, 1.82) is 0 Å². The van der Waals surface area contributed by atoms with E-state index in [1.54, 1.807) is 0 Å². The molecule has 1 aliphatic rings. The summed E-state index contributed by atoms with van der Waals surface area (Å²) in [5.74, 6) is 0.853. The molecule has 0 amide bonds. The van der Waals surface area contributed by atoms with Gasteiger partial charge in [0.25, 0.3) is 0 Å². The van der Waals surface area contributed by atoms with Crippen LogP contribution in [-0.4, -0.2) is 18.2 Å². The Morgan fingerprint density at radius 3 is 2.89 bits per heavy atom. The van der Waals surface area contributed by atoms with Crippen LogP contribution in [0.3, 0.4) is 0 Å². The largest absolute Gasteiger partial charge is 0.392 e. The highest BCUT2D eigenvalue weighted by atomic mass is 35.5. The minimum absolute atomic E-state index is 0.0835. The molecule has 1 unspecified atom stereocenters. The lowest BCUT2D eigenvalue weighted by Crippen LogP contribution is -2.25. The highest BCUT2D eigenvalue weighted by molar-refractivity contribution is 6.30. The van der Waals surface area contributed by atoms with Crippen molar-refractivity contribution in [1.82, 2.24) is 0 Å². The maximum Gasteiger partial charge on any atom is 0.0702 e. The second-order valence-corrected chi connectivity index (χ2v) is 5.56. The van der Waals surface area contributed by atoms with Crippen LogP contribution in [0.5, 0.6) is 0 Å². The van der Waals surface area contributed by atoms with Crippen molar-refractivity contribution in [2.45, 2.75) is 39.2 Å². The molecule has 18 heavy (non-hydrogen) atoms. The van der Waals surface area contributed by atoms with E-state index in [2.05, 4.69) is 11.8 Å². The smallest absolute Gasteiger partial charge is 0.0702 e. The Morgan fingerprint density at radius 1 is 1.33 bits per heavy atom. The molecule has 2 rings (SSSR count). The molecule has 1 aromatic carbocycles. The van der Waals surface area contributed by atoms with Crippen LogP contribution in [0.15, 0.2) is 18.2 Å². The van der Waals surface area contributed by atoms with Crippen LogP contribution in [0.2, 0.25) is 5.02 Å². The molecule has 0 radical (unpaired) electrons. The fourth-order valence-electron chi connectivity index (χ4n) is 2.78. The Kier molecular flexibility index (Phi) is 4.90. The second kappa shape index (κ2) is 6.44. The van der Waals surface area contributed by atoms with Crippen molar-refractivity contribution in [3.05, 3.63) is 28.8 Å². The van der Waals surface area contributed by atoms with E-state index in [0.717, 1.165) is 35.3 Å². The minimum atomic E-state index is 0.0835. The molecule has 1 heterocycles. The molecule has 1 saturated heterocycles. The normalized spacial score (nSPS) is 20.8. The predicted octanol–water partition coefficient (Wildman–Crippen LogP) is 3.85. The lowest BCUT2D eigenvalue weighted by Gasteiger charge is -2.25. The zero-order chi connectivity index (χ0) is 13.0. The van der Waals surface area contributed by atoms with E-state index in [9.17, 15) is 5.11 Å². The van der Waals surface area contributed by atoms with E-state index in [-0.39, 0.29) is 6.61 Å². The molecule has 3 heteroatoms. The Hall–Kier alpha value is -0.730. The van der Waals surface area contributed by atoms with Gasteiger partial charge in [-0.25, -0.2) is 0 Å². The lowest BCUT2D eigenvalue weighted by molar-refractivity contribution is 0.282. The number of aliphatic hydroxyl groups excluding tert-OH is 1. The molecular weight excluding hydrogens is 246 g/mol. The fourth-order valence-corrected chi connectivity index (χ4v) is 2.95. The monoisotopic (exact) mass is 267 g/mol. The number of benzene rings is 1. The number of aliphatic hydroxyl groups is 1. The maximum absolute atomic E-state index is 9.44. The summed E-state index contributed by atoms with van der Waals surface area (Å²) in [6.07, 6.45) is 5.07. The third-order valence-electron chi connectivity index (χ3n) is 3.98. The van der Waals surface area contributed by atoms with Crippen LogP contribution in [0, 0.1) is 5.92 Å². The zero-order valence-corrected chi connectivity index (χ0v) is 11.8. The second-order valence-electron chi connectivity index (χ2n) is 5.12. The summed E-state index contributed by atoms with van der Waals surface area (Å²) in [5.41, 5.74) is 2.09. The number of nitrogens with zero attached hydrogens (tertiary/aromatic N) is 1. The Morgan fingerprint density at radius 2 is 2.17 bits per heavy atom. The van der Waals surface area contributed by atoms with Crippen LogP contribution in [0.25, 0.3) is 0 Å². The zero-order valence-electron chi connectivity index (χ0n) is 11.0. The molecule has 0 aromatic heterocycles. The number of halogens is 1. The quantitative estimate of drug-likeness (QED) is 0.899. The first kappa shape index (κ1) is 13.7. The van der Waals surface area contributed by atoms with Crippen molar-refractivity contribution < 1.29 is 5.11 Å². The first-order valence-electron chi connectivity index (χ1n) is 6.88.